The summed E-state index contributed by atoms with van der Waals surface area (Å²) in [6, 6.07) is 14.8. The Kier molecular flexibility index (Phi) is 5.12. The third kappa shape index (κ3) is 3.92. The average molecular weight is 395 g/mol. The van der Waals surface area contributed by atoms with E-state index in [1.54, 1.807) is 34.0 Å². The zero-order valence-electron chi connectivity index (χ0n) is 15.1. The average Bonchev–Trinajstić information content (AvgIpc) is 3.35. The van der Waals surface area contributed by atoms with Gasteiger partial charge < -0.3 is 10.2 Å². The van der Waals surface area contributed by atoms with Gasteiger partial charge in [-0.05, 0) is 48.4 Å². The Bertz CT molecular complexity index is 1000. The molecule has 1 saturated heterocycles. The van der Waals surface area contributed by atoms with Gasteiger partial charge in [0, 0.05) is 31.0 Å². The van der Waals surface area contributed by atoms with E-state index >= 15 is 0 Å². The summed E-state index contributed by atoms with van der Waals surface area (Å²) in [4.78, 5) is 25.9. The number of carbonyl (C=O) groups is 2. The quantitative estimate of drug-likeness (QED) is 0.715. The summed E-state index contributed by atoms with van der Waals surface area (Å²) in [6.45, 7) is 0.679. The first-order valence-electron chi connectivity index (χ1n) is 9.09. The van der Waals surface area contributed by atoms with Crippen LogP contribution in [0.15, 0.2) is 60.9 Å². The Labute approximate surface area is 167 Å². The van der Waals surface area contributed by atoms with E-state index < -0.39 is 0 Å². The van der Waals surface area contributed by atoms with Crippen molar-refractivity contribution < 1.29 is 9.59 Å². The fourth-order valence-electron chi connectivity index (χ4n) is 3.29. The molecule has 0 atom stereocenters. The van der Waals surface area contributed by atoms with Crippen LogP contribution in [-0.2, 0) is 16.0 Å². The predicted molar refractivity (Wildman–Crippen MR) is 109 cm³/mol. The highest BCUT2D eigenvalue weighted by molar-refractivity contribution is 6.34. The Hall–Kier alpha value is -3.12. The number of benzene rings is 2. The van der Waals surface area contributed by atoms with Crippen molar-refractivity contribution in [1.82, 2.24) is 9.78 Å². The minimum absolute atomic E-state index is 0.0808. The lowest BCUT2D eigenvalue weighted by Gasteiger charge is -2.18. The van der Waals surface area contributed by atoms with Gasteiger partial charge in [-0.1, -0.05) is 23.7 Å². The van der Waals surface area contributed by atoms with Gasteiger partial charge in [0.15, 0.2) is 0 Å². The maximum atomic E-state index is 12.4. The normalized spacial score (nSPS) is 13.8. The van der Waals surface area contributed by atoms with E-state index in [9.17, 15) is 9.59 Å². The van der Waals surface area contributed by atoms with E-state index in [1.807, 2.05) is 36.5 Å². The molecule has 1 fully saturated rings. The van der Waals surface area contributed by atoms with E-state index in [4.69, 9.17) is 11.6 Å². The van der Waals surface area contributed by atoms with Crippen molar-refractivity contribution in [3.8, 4) is 5.69 Å². The van der Waals surface area contributed by atoms with E-state index in [2.05, 4.69) is 10.4 Å². The van der Waals surface area contributed by atoms with Crippen LogP contribution in [0.4, 0.5) is 11.4 Å². The summed E-state index contributed by atoms with van der Waals surface area (Å²) in [7, 11) is 0. The van der Waals surface area contributed by atoms with Crippen LogP contribution in [-0.4, -0.2) is 28.1 Å². The zero-order valence-corrected chi connectivity index (χ0v) is 15.9. The molecule has 0 aliphatic carbocycles. The topological polar surface area (TPSA) is 67.2 Å². The molecular weight excluding hydrogens is 376 g/mol. The second kappa shape index (κ2) is 7.86. The molecule has 2 heterocycles. The fraction of sp³-hybridized carbons (Fsp3) is 0.190. The molecule has 0 radical (unpaired) electrons. The highest BCUT2D eigenvalue weighted by Gasteiger charge is 2.23. The molecule has 0 unspecified atom stereocenters. The van der Waals surface area contributed by atoms with Crippen LogP contribution in [0, 0.1) is 0 Å². The summed E-state index contributed by atoms with van der Waals surface area (Å²) in [5.74, 6) is -0.0508. The van der Waals surface area contributed by atoms with Gasteiger partial charge in [0.2, 0.25) is 11.8 Å². The Morgan fingerprint density at radius 3 is 2.64 bits per heavy atom. The van der Waals surface area contributed by atoms with Crippen molar-refractivity contribution in [1.29, 1.82) is 0 Å². The Morgan fingerprint density at radius 2 is 2.00 bits per heavy atom. The third-order valence-corrected chi connectivity index (χ3v) is 4.97. The predicted octanol–water partition coefficient (Wildman–Crippen LogP) is 3.83. The molecule has 1 aromatic heterocycles. The number of anilines is 2. The van der Waals surface area contributed by atoms with Crippen molar-refractivity contribution in [3.63, 3.8) is 0 Å². The SMILES string of the molecule is O=C(Cc1ccc(-n2cccn2)cc1)Nc1ccc(N2CCCC2=O)c(Cl)c1. The molecule has 2 aromatic carbocycles. The molecular formula is C21H19ClN4O2. The highest BCUT2D eigenvalue weighted by atomic mass is 35.5. The molecule has 0 bridgehead atoms. The number of carbonyl (C=O) groups excluding carboxylic acids is 2. The molecule has 0 spiro atoms. The molecule has 6 nitrogen and oxygen atoms in total. The molecule has 0 saturated carbocycles. The smallest absolute Gasteiger partial charge is 0.228 e. The van der Waals surface area contributed by atoms with Gasteiger partial charge in [-0.2, -0.15) is 5.10 Å². The van der Waals surface area contributed by atoms with Crippen molar-refractivity contribution in [3.05, 3.63) is 71.5 Å². The highest BCUT2D eigenvalue weighted by Crippen LogP contribution is 2.31. The fourth-order valence-corrected chi connectivity index (χ4v) is 3.57. The van der Waals surface area contributed by atoms with Gasteiger partial charge in [0.05, 0.1) is 22.8 Å². The van der Waals surface area contributed by atoms with Gasteiger partial charge in [-0.15, -0.1) is 0 Å². The van der Waals surface area contributed by atoms with Crippen molar-refractivity contribution in [2.75, 3.05) is 16.8 Å². The summed E-state index contributed by atoms with van der Waals surface area (Å²) in [5, 5.41) is 7.50. The van der Waals surface area contributed by atoms with Gasteiger partial charge in [0.1, 0.15) is 0 Å². The van der Waals surface area contributed by atoms with Crippen molar-refractivity contribution in [2.24, 2.45) is 0 Å². The number of hydrogen-bond donors (Lipinski definition) is 1. The molecule has 3 aromatic rings. The number of aromatic nitrogens is 2. The minimum atomic E-state index is -0.132. The molecule has 2 amide bonds. The number of halogens is 1. The van der Waals surface area contributed by atoms with Crippen LogP contribution in [0.1, 0.15) is 18.4 Å². The molecule has 1 aliphatic heterocycles. The number of nitrogens with zero attached hydrogens (tertiary/aromatic N) is 3. The lowest BCUT2D eigenvalue weighted by molar-refractivity contribution is -0.117. The van der Waals surface area contributed by atoms with Crippen LogP contribution in [0.2, 0.25) is 5.02 Å². The number of rotatable bonds is 5. The van der Waals surface area contributed by atoms with Crippen LogP contribution in [0.3, 0.4) is 0 Å². The first-order valence-corrected chi connectivity index (χ1v) is 9.47. The van der Waals surface area contributed by atoms with E-state index in [0.717, 1.165) is 17.7 Å². The Morgan fingerprint density at radius 1 is 1.18 bits per heavy atom. The first-order chi connectivity index (χ1) is 13.6. The van der Waals surface area contributed by atoms with Crippen LogP contribution in [0.25, 0.3) is 5.69 Å². The van der Waals surface area contributed by atoms with E-state index in [0.29, 0.717) is 29.4 Å². The summed E-state index contributed by atoms with van der Waals surface area (Å²) in [6.07, 6.45) is 5.23. The molecule has 1 N–H and O–H groups in total. The maximum Gasteiger partial charge on any atom is 0.228 e. The first kappa shape index (κ1) is 18.3. The number of amides is 2. The number of nitrogens with one attached hydrogen (secondary N) is 1. The molecule has 142 valence electrons. The second-order valence-corrected chi connectivity index (χ2v) is 7.06. The van der Waals surface area contributed by atoms with Crippen molar-refractivity contribution in [2.45, 2.75) is 19.3 Å². The third-order valence-electron chi connectivity index (χ3n) is 4.67. The molecule has 28 heavy (non-hydrogen) atoms. The zero-order chi connectivity index (χ0) is 19.5. The molecule has 7 heteroatoms. The van der Waals surface area contributed by atoms with E-state index in [1.165, 1.54) is 0 Å². The molecule has 1 aliphatic rings. The second-order valence-electron chi connectivity index (χ2n) is 6.66. The minimum Gasteiger partial charge on any atom is -0.326 e. The summed E-state index contributed by atoms with van der Waals surface area (Å²) >= 11 is 6.33. The van der Waals surface area contributed by atoms with Gasteiger partial charge >= 0.3 is 0 Å². The largest absolute Gasteiger partial charge is 0.326 e. The summed E-state index contributed by atoms with van der Waals surface area (Å²) in [5.41, 5.74) is 3.14. The number of hydrogen-bond acceptors (Lipinski definition) is 3. The van der Waals surface area contributed by atoms with Crippen molar-refractivity contribution >= 4 is 34.8 Å². The summed E-state index contributed by atoms with van der Waals surface area (Å²) < 4.78 is 1.76. The standard InChI is InChI=1S/C21H19ClN4O2/c22-18-14-16(6-9-19(18)25-11-1-3-21(25)28)24-20(27)13-15-4-7-17(8-5-15)26-12-2-10-23-26/h2,4-10,12,14H,1,3,11,13H2,(H,24,27). The monoisotopic (exact) mass is 394 g/mol. The van der Waals surface area contributed by atoms with Gasteiger partial charge in [0.25, 0.3) is 0 Å². The van der Waals surface area contributed by atoms with Crippen LogP contribution >= 0.6 is 11.6 Å². The molecule has 4 rings (SSSR count). The Balaban J connectivity index is 1.39. The maximum absolute atomic E-state index is 12.4. The van der Waals surface area contributed by atoms with Crippen LogP contribution in [0.5, 0.6) is 0 Å². The van der Waals surface area contributed by atoms with Gasteiger partial charge in [-0.25, -0.2) is 4.68 Å². The van der Waals surface area contributed by atoms with E-state index in [-0.39, 0.29) is 18.2 Å². The van der Waals surface area contributed by atoms with Gasteiger partial charge in [-0.3, -0.25) is 9.59 Å². The van der Waals surface area contributed by atoms with Crippen LogP contribution < -0.4 is 10.2 Å². The lowest BCUT2D eigenvalue weighted by atomic mass is 10.1. The lowest BCUT2D eigenvalue weighted by Crippen LogP contribution is -2.24.